The van der Waals surface area contributed by atoms with E-state index in [1.165, 1.54) is 6.07 Å². The largest absolute Gasteiger partial charge is 0.484 e. The molecule has 0 radical (unpaired) electrons. The van der Waals surface area contributed by atoms with Gasteiger partial charge < -0.3 is 15.4 Å². The summed E-state index contributed by atoms with van der Waals surface area (Å²) in [6, 6.07) is 11.5. The van der Waals surface area contributed by atoms with Crippen LogP contribution in [0.1, 0.15) is 5.56 Å². The van der Waals surface area contributed by atoms with Crippen LogP contribution in [0.3, 0.4) is 0 Å². The monoisotopic (exact) mass is 363 g/mol. The molecule has 1 amide bonds. The number of aryl methyl sites for hydroxylation is 1. The van der Waals surface area contributed by atoms with Gasteiger partial charge in [-0.15, -0.1) is 0 Å². The summed E-state index contributed by atoms with van der Waals surface area (Å²) in [5.74, 6) is 0.316. The summed E-state index contributed by atoms with van der Waals surface area (Å²) in [6.45, 7) is 2.40. The lowest BCUT2D eigenvalue weighted by Crippen LogP contribution is -2.32. The van der Waals surface area contributed by atoms with Gasteiger partial charge in [0.1, 0.15) is 11.4 Å². The average molecular weight is 364 g/mol. The standard InChI is InChI=1S/C17H18ClN3O4/c1-12-10-13(18)6-7-16(12)25-11-17(22)20-9-8-19-14-4-2-3-5-15(14)21(23)24/h2-7,10,19H,8-9,11H2,1H3,(H,20,22). The van der Waals surface area contributed by atoms with Gasteiger partial charge in [-0.2, -0.15) is 0 Å². The van der Waals surface area contributed by atoms with Crippen LogP contribution in [0.5, 0.6) is 5.75 Å². The number of carbonyl (C=O) groups excluding carboxylic acids is 1. The SMILES string of the molecule is Cc1cc(Cl)ccc1OCC(=O)NCCNc1ccccc1[N+](=O)[O-]. The average Bonchev–Trinajstić information content (AvgIpc) is 2.58. The first kappa shape index (κ1) is 18.5. The zero-order valence-electron chi connectivity index (χ0n) is 13.6. The van der Waals surface area contributed by atoms with Crippen LogP contribution >= 0.6 is 11.6 Å². The number of nitrogens with one attached hydrogen (secondary N) is 2. The van der Waals surface area contributed by atoms with Crippen molar-refractivity contribution in [2.45, 2.75) is 6.92 Å². The lowest BCUT2D eigenvalue weighted by Gasteiger charge is -2.10. The topological polar surface area (TPSA) is 93.5 Å². The summed E-state index contributed by atoms with van der Waals surface area (Å²) >= 11 is 5.86. The Morgan fingerprint density at radius 1 is 1.24 bits per heavy atom. The van der Waals surface area contributed by atoms with Gasteiger partial charge in [0.15, 0.2) is 6.61 Å². The number of ether oxygens (including phenoxy) is 1. The maximum atomic E-state index is 11.8. The summed E-state index contributed by atoms with van der Waals surface area (Å²) in [6.07, 6.45) is 0. The lowest BCUT2D eigenvalue weighted by atomic mass is 10.2. The third-order valence-corrected chi connectivity index (χ3v) is 3.59. The Balaban J connectivity index is 1.73. The molecule has 2 N–H and O–H groups in total. The van der Waals surface area contributed by atoms with Crippen molar-refractivity contribution in [3.8, 4) is 5.75 Å². The number of hydrogen-bond acceptors (Lipinski definition) is 5. The van der Waals surface area contributed by atoms with Crippen molar-refractivity contribution < 1.29 is 14.5 Å². The second kappa shape index (κ2) is 8.89. The first-order valence-electron chi connectivity index (χ1n) is 7.60. The Morgan fingerprint density at radius 2 is 2.00 bits per heavy atom. The van der Waals surface area contributed by atoms with Crippen molar-refractivity contribution in [3.63, 3.8) is 0 Å². The number of halogens is 1. The number of amides is 1. The van der Waals surface area contributed by atoms with Gasteiger partial charge in [0.2, 0.25) is 0 Å². The smallest absolute Gasteiger partial charge is 0.292 e. The van der Waals surface area contributed by atoms with E-state index in [0.717, 1.165) is 5.56 Å². The van der Waals surface area contributed by atoms with Crippen LogP contribution in [0.15, 0.2) is 42.5 Å². The van der Waals surface area contributed by atoms with Crippen LogP contribution in [-0.2, 0) is 4.79 Å². The van der Waals surface area contributed by atoms with Crippen molar-refractivity contribution in [2.75, 3.05) is 25.0 Å². The second-order valence-electron chi connectivity index (χ2n) is 5.25. The Hall–Kier alpha value is -2.80. The molecular weight excluding hydrogens is 346 g/mol. The van der Waals surface area contributed by atoms with E-state index in [9.17, 15) is 14.9 Å². The van der Waals surface area contributed by atoms with Crippen molar-refractivity contribution in [1.82, 2.24) is 5.32 Å². The van der Waals surface area contributed by atoms with E-state index < -0.39 is 4.92 Å². The Bertz CT molecular complexity index is 767. The first-order chi connectivity index (χ1) is 12.0. The van der Waals surface area contributed by atoms with Crippen LogP contribution in [0.4, 0.5) is 11.4 Å². The molecule has 2 aromatic rings. The number of nitro groups is 1. The predicted molar refractivity (Wildman–Crippen MR) is 96.3 cm³/mol. The van der Waals surface area contributed by atoms with Crippen molar-refractivity contribution in [1.29, 1.82) is 0 Å². The third kappa shape index (κ3) is 5.65. The minimum Gasteiger partial charge on any atom is -0.484 e. The number of hydrogen-bond donors (Lipinski definition) is 2. The maximum absolute atomic E-state index is 11.8. The molecule has 0 aliphatic carbocycles. The van der Waals surface area contributed by atoms with Crippen molar-refractivity contribution in [2.24, 2.45) is 0 Å². The van der Waals surface area contributed by atoms with E-state index in [1.807, 2.05) is 6.92 Å². The number of rotatable bonds is 8. The van der Waals surface area contributed by atoms with Gasteiger partial charge in [-0.3, -0.25) is 14.9 Å². The van der Waals surface area contributed by atoms with Crippen LogP contribution in [0, 0.1) is 17.0 Å². The fraction of sp³-hybridized carbons (Fsp3) is 0.235. The van der Waals surface area contributed by atoms with E-state index in [2.05, 4.69) is 10.6 Å². The van der Waals surface area contributed by atoms with Crippen molar-refractivity contribution >= 4 is 28.9 Å². The quantitative estimate of drug-likeness (QED) is 0.427. The Kier molecular flexibility index (Phi) is 6.59. The highest BCUT2D eigenvalue weighted by Gasteiger charge is 2.11. The number of benzene rings is 2. The van der Waals surface area contributed by atoms with E-state index in [1.54, 1.807) is 36.4 Å². The molecule has 25 heavy (non-hydrogen) atoms. The summed E-state index contributed by atoms with van der Waals surface area (Å²) in [5.41, 5.74) is 1.25. The lowest BCUT2D eigenvalue weighted by molar-refractivity contribution is -0.384. The molecule has 0 saturated heterocycles. The van der Waals surface area contributed by atoms with Crippen molar-refractivity contribution in [3.05, 3.63) is 63.2 Å². The minimum absolute atomic E-state index is 0.00428. The molecular formula is C17H18ClN3O4. The third-order valence-electron chi connectivity index (χ3n) is 3.36. The van der Waals surface area contributed by atoms with E-state index in [4.69, 9.17) is 16.3 Å². The van der Waals surface area contributed by atoms with Crippen LogP contribution < -0.4 is 15.4 Å². The predicted octanol–water partition coefficient (Wildman–Crippen LogP) is 3.16. The van der Waals surface area contributed by atoms with E-state index in [-0.39, 0.29) is 18.2 Å². The summed E-state index contributed by atoms with van der Waals surface area (Å²) in [4.78, 5) is 22.2. The number of para-hydroxylation sites is 2. The molecule has 0 saturated carbocycles. The van der Waals surface area contributed by atoms with Crippen LogP contribution in [-0.4, -0.2) is 30.5 Å². The molecule has 2 aromatic carbocycles. The Labute approximate surface area is 150 Å². The van der Waals surface area contributed by atoms with Gasteiger partial charge in [0.05, 0.1) is 4.92 Å². The van der Waals surface area contributed by atoms with Gasteiger partial charge in [-0.05, 0) is 36.8 Å². The molecule has 0 atom stereocenters. The minimum atomic E-state index is -0.455. The summed E-state index contributed by atoms with van der Waals surface area (Å²) < 4.78 is 5.44. The fourth-order valence-electron chi connectivity index (χ4n) is 2.15. The van der Waals surface area contributed by atoms with Crippen LogP contribution in [0.2, 0.25) is 5.02 Å². The fourth-order valence-corrected chi connectivity index (χ4v) is 2.38. The molecule has 8 heteroatoms. The molecule has 7 nitrogen and oxygen atoms in total. The number of nitrogens with zero attached hydrogens (tertiary/aromatic N) is 1. The number of nitro benzene ring substituents is 1. The Morgan fingerprint density at radius 3 is 2.72 bits per heavy atom. The molecule has 0 bridgehead atoms. The van der Waals surface area contributed by atoms with Gasteiger partial charge in [-0.1, -0.05) is 23.7 Å². The van der Waals surface area contributed by atoms with Gasteiger partial charge in [0, 0.05) is 24.2 Å². The molecule has 0 fully saturated rings. The highest BCUT2D eigenvalue weighted by molar-refractivity contribution is 6.30. The summed E-state index contributed by atoms with van der Waals surface area (Å²) in [5, 5.41) is 17.1. The molecule has 0 aliphatic rings. The zero-order chi connectivity index (χ0) is 18.2. The first-order valence-corrected chi connectivity index (χ1v) is 7.98. The second-order valence-corrected chi connectivity index (χ2v) is 5.69. The highest BCUT2D eigenvalue weighted by atomic mass is 35.5. The maximum Gasteiger partial charge on any atom is 0.292 e. The highest BCUT2D eigenvalue weighted by Crippen LogP contribution is 2.23. The molecule has 0 aliphatic heterocycles. The molecule has 0 unspecified atom stereocenters. The molecule has 132 valence electrons. The van der Waals surface area contributed by atoms with E-state index in [0.29, 0.717) is 29.5 Å². The van der Waals surface area contributed by atoms with E-state index >= 15 is 0 Å². The molecule has 2 rings (SSSR count). The number of anilines is 1. The zero-order valence-corrected chi connectivity index (χ0v) is 14.4. The van der Waals surface area contributed by atoms with Gasteiger partial charge >= 0.3 is 0 Å². The molecule has 0 aromatic heterocycles. The number of carbonyl (C=O) groups is 1. The van der Waals surface area contributed by atoms with Gasteiger partial charge in [0.25, 0.3) is 11.6 Å². The summed E-state index contributed by atoms with van der Waals surface area (Å²) in [7, 11) is 0. The van der Waals surface area contributed by atoms with Gasteiger partial charge in [-0.25, -0.2) is 0 Å². The van der Waals surface area contributed by atoms with Crippen LogP contribution in [0.25, 0.3) is 0 Å². The normalized spacial score (nSPS) is 10.2. The molecule has 0 heterocycles. The molecule has 0 spiro atoms.